The lowest BCUT2D eigenvalue weighted by atomic mass is 10.1. The molecule has 0 spiro atoms. The molecular weight excluding hydrogens is 470 g/mol. The molecule has 2 N–H and O–H groups in total. The Labute approximate surface area is 211 Å². The Morgan fingerprint density at radius 2 is 1.53 bits per heavy atom. The maximum absolute atomic E-state index is 12.8. The molecule has 1 amide bonds. The molecule has 1 heterocycles. The van der Waals surface area contributed by atoms with Crippen molar-refractivity contribution in [2.75, 3.05) is 11.9 Å². The van der Waals surface area contributed by atoms with E-state index in [1.807, 2.05) is 54.6 Å². The summed E-state index contributed by atoms with van der Waals surface area (Å²) in [6.07, 6.45) is 1.48. The van der Waals surface area contributed by atoms with Crippen LogP contribution in [0.2, 0.25) is 0 Å². The molecule has 0 unspecified atom stereocenters. The van der Waals surface area contributed by atoms with Crippen LogP contribution >= 0.6 is 0 Å². The minimum absolute atomic E-state index is 0.0782. The maximum atomic E-state index is 12.8. The Kier molecular flexibility index (Phi) is 6.76. The summed E-state index contributed by atoms with van der Waals surface area (Å²) in [4.78, 5) is 12.8. The molecule has 0 aliphatic rings. The fraction of sp³-hybridized carbons (Fsp3) is 0.207. The standard InChI is InChI=1S/C29H29N3O3S/c1-2-32-26-14-6-5-13-24(26)25-20-22(17-18-27(25)32)31-29(33)16-7-8-19-30-36(34,35)28-15-9-11-21-10-3-4-12-23(21)28/h3-6,9-15,17-18,20,30H,2,7-8,16,19H2,1H3,(H,31,33). The number of aryl methyl sites for hydroxylation is 1. The highest BCUT2D eigenvalue weighted by Crippen LogP contribution is 2.31. The van der Waals surface area contributed by atoms with Crippen LogP contribution < -0.4 is 10.0 Å². The van der Waals surface area contributed by atoms with Crippen molar-refractivity contribution >= 4 is 54.2 Å². The molecular formula is C29H29N3O3S. The maximum Gasteiger partial charge on any atom is 0.241 e. The monoisotopic (exact) mass is 499 g/mol. The molecule has 0 fully saturated rings. The van der Waals surface area contributed by atoms with E-state index in [4.69, 9.17) is 0 Å². The largest absolute Gasteiger partial charge is 0.341 e. The fourth-order valence-corrected chi connectivity index (χ4v) is 6.12. The van der Waals surface area contributed by atoms with Gasteiger partial charge in [0.15, 0.2) is 0 Å². The molecule has 5 aromatic rings. The van der Waals surface area contributed by atoms with E-state index in [2.05, 4.69) is 39.7 Å². The van der Waals surface area contributed by atoms with Gasteiger partial charge in [0.1, 0.15) is 0 Å². The number of nitrogens with zero attached hydrogens (tertiary/aromatic N) is 1. The minimum atomic E-state index is -3.63. The molecule has 0 bridgehead atoms. The summed E-state index contributed by atoms with van der Waals surface area (Å²) in [6.45, 7) is 3.28. The van der Waals surface area contributed by atoms with Gasteiger partial charge in [-0.3, -0.25) is 4.79 Å². The number of fused-ring (bicyclic) bond motifs is 4. The van der Waals surface area contributed by atoms with Crippen LogP contribution in [0.3, 0.4) is 0 Å². The highest BCUT2D eigenvalue weighted by molar-refractivity contribution is 7.89. The smallest absolute Gasteiger partial charge is 0.241 e. The molecule has 0 aliphatic carbocycles. The van der Waals surface area contributed by atoms with Crippen molar-refractivity contribution in [2.45, 2.75) is 37.6 Å². The Morgan fingerprint density at radius 3 is 2.36 bits per heavy atom. The van der Waals surface area contributed by atoms with Crippen LogP contribution in [0.4, 0.5) is 5.69 Å². The number of para-hydroxylation sites is 1. The molecule has 5 rings (SSSR count). The zero-order chi connectivity index (χ0) is 25.1. The van der Waals surface area contributed by atoms with Crippen molar-refractivity contribution in [3.8, 4) is 0 Å². The Balaban J connectivity index is 1.17. The lowest BCUT2D eigenvalue weighted by Crippen LogP contribution is -2.25. The first kappa shape index (κ1) is 24.0. The molecule has 0 aliphatic heterocycles. The summed E-state index contributed by atoms with van der Waals surface area (Å²) in [7, 11) is -3.63. The molecule has 1 aromatic heterocycles. The molecule has 4 aromatic carbocycles. The second kappa shape index (κ2) is 10.1. The third kappa shape index (κ3) is 4.72. The van der Waals surface area contributed by atoms with E-state index in [0.29, 0.717) is 24.6 Å². The van der Waals surface area contributed by atoms with Crippen molar-refractivity contribution in [1.82, 2.24) is 9.29 Å². The van der Waals surface area contributed by atoms with Crippen LogP contribution in [0.15, 0.2) is 89.8 Å². The van der Waals surface area contributed by atoms with Gasteiger partial charge in [0, 0.05) is 52.4 Å². The predicted octanol–water partition coefficient (Wildman–Crippen LogP) is 6.05. The number of amides is 1. The van der Waals surface area contributed by atoms with Crippen molar-refractivity contribution < 1.29 is 13.2 Å². The van der Waals surface area contributed by atoms with Gasteiger partial charge in [-0.25, -0.2) is 13.1 Å². The second-order valence-electron chi connectivity index (χ2n) is 8.87. The summed E-state index contributed by atoms with van der Waals surface area (Å²) in [5, 5.41) is 6.86. The topological polar surface area (TPSA) is 80.2 Å². The number of anilines is 1. The van der Waals surface area contributed by atoms with E-state index >= 15 is 0 Å². The predicted molar refractivity (Wildman–Crippen MR) is 147 cm³/mol. The molecule has 184 valence electrons. The number of carbonyl (C=O) groups is 1. The van der Waals surface area contributed by atoms with Gasteiger partial charge in [-0.15, -0.1) is 0 Å². The number of rotatable bonds is 9. The van der Waals surface area contributed by atoms with Crippen molar-refractivity contribution in [3.63, 3.8) is 0 Å². The van der Waals surface area contributed by atoms with Gasteiger partial charge in [-0.2, -0.15) is 0 Å². The Hall–Kier alpha value is -3.68. The molecule has 0 radical (unpaired) electrons. The molecule has 36 heavy (non-hydrogen) atoms. The fourth-order valence-electron chi connectivity index (χ4n) is 4.82. The zero-order valence-corrected chi connectivity index (χ0v) is 21.0. The quantitative estimate of drug-likeness (QED) is 0.242. The van der Waals surface area contributed by atoms with Crippen LogP contribution in [0.5, 0.6) is 0 Å². The first-order valence-corrected chi connectivity index (χ1v) is 13.7. The third-order valence-corrected chi connectivity index (χ3v) is 8.05. The highest BCUT2D eigenvalue weighted by Gasteiger charge is 2.16. The number of benzene rings is 4. The zero-order valence-electron chi connectivity index (χ0n) is 20.2. The highest BCUT2D eigenvalue weighted by atomic mass is 32.2. The number of hydrogen-bond donors (Lipinski definition) is 2. The van der Waals surface area contributed by atoms with E-state index in [1.165, 1.54) is 10.9 Å². The van der Waals surface area contributed by atoms with Gasteiger partial charge < -0.3 is 9.88 Å². The van der Waals surface area contributed by atoms with Gasteiger partial charge in [-0.05, 0) is 55.5 Å². The minimum Gasteiger partial charge on any atom is -0.341 e. The average Bonchev–Trinajstić information content (AvgIpc) is 3.21. The summed E-state index contributed by atoms with van der Waals surface area (Å²) < 4.78 is 30.6. The number of unbranched alkanes of at least 4 members (excludes halogenated alkanes) is 1. The third-order valence-electron chi connectivity index (χ3n) is 6.53. The van der Waals surface area contributed by atoms with E-state index in [0.717, 1.165) is 28.5 Å². The van der Waals surface area contributed by atoms with Gasteiger partial charge in [-0.1, -0.05) is 54.6 Å². The Bertz CT molecular complexity index is 1670. The number of nitrogens with one attached hydrogen (secondary N) is 2. The summed E-state index contributed by atoms with van der Waals surface area (Å²) >= 11 is 0. The van der Waals surface area contributed by atoms with Crippen molar-refractivity contribution in [2.24, 2.45) is 0 Å². The van der Waals surface area contributed by atoms with Gasteiger partial charge in [0.2, 0.25) is 15.9 Å². The van der Waals surface area contributed by atoms with Crippen LogP contribution in [-0.2, 0) is 21.4 Å². The molecule has 0 saturated heterocycles. The van der Waals surface area contributed by atoms with Gasteiger partial charge in [0.05, 0.1) is 4.90 Å². The van der Waals surface area contributed by atoms with Gasteiger partial charge >= 0.3 is 0 Å². The average molecular weight is 500 g/mol. The lowest BCUT2D eigenvalue weighted by Gasteiger charge is -2.10. The first-order chi connectivity index (χ1) is 17.5. The van der Waals surface area contributed by atoms with E-state index in [-0.39, 0.29) is 17.3 Å². The van der Waals surface area contributed by atoms with Crippen LogP contribution in [0.1, 0.15) is 26.2 Å². The van der Waals surface area contributed by atoms with Crippen molar-refractivity contribution in [1.29, 1.82) is 0 Å². The number of sulfonamides is 1. The second-order valence-corrected chi connectivity index (χ2v) is 10.6. The van der Waals surface area contributed by atoms with E-state index in [1.54, 1.807) is 12.1 Å². The molecule has 7 heteroatoms. The van der Waals surface area contributed by atoms with Crippen molar-refractivity contribution in [3.05, 3.63) is 84.9 Å². The molecule has 6 nitrogen and oxygen atoms in total. The molecule has 0 saturated carbocycles. The number of hydrogen-bond acceptors (Lipinski definition) is 3. The molecule has 0 atom stereocenters. The Morgan fingerprint density at radius 1 is 0.806 bits per heavy atom. The normalized spacial score (nSPS) is 11.9. The van der Waals surface area contributed by atoms with Crippen LogP contribution in [0.25, 0.3) is 32.6 Å². The SMILES string of the molecule is CCn1c2ccccc2c2cc(NC(=O)CCCCNS(=O)(=O)c3cccc4ccccc34)ccc21. The summed E-state index contributed by atoms with van der Waals surface area (Å²) in [5.74, 6) is -0.0782. The van der Waals surface area contributed by atoms with Gasteiger partial charge in [0.25, 0.3) is 0 Å². The van der Waals surface area contributed by atoms with Crippen LogP contribution in [0, 0.1) is 0 Å². The summed E-state index contributed by atoms with van der Waals surface area (Å²) in [6, 6.07) is 27.0. The number of carbonyl (C=O) groups excluding carboxylic acids is 1. The first-order valence-electron chi connectivity index (χ1n) is 12.3. The number of aromatic nitrogens is 1. The lowest BCUT2D eigenvalue weighted by molar-refractivity contribution is -0.116. The van der Waals surface area contributed by atoms with Crippen LogP contribution in [-0.4, -0.2) is 25.4 Å². The van der Waals surface area contributed by atoms with E-state index < -0.39 is 10.0 Å². The summed E-state index contributed by atoms with van der Waals surface area (Å²) in [5.41, 5.74) is 3.10. The van der Waals surface area contributed by atoms with E-state index in [9.17, 15) is 13.2 Å².